The van der Waals surface area contributed by atoms with E-state index in [-0.39, 0.29) is 18.2 Å². The first kappa shape index (κ1) is 13.1. The molecule has 0 unspecified atom stereocenters. The molecule has 0 aromatic heterocycles. The Bertz CT molecular complexity index is 527. The number of benzene rings is 1. The van der Waals surface area contributed by atoms with Gasteiger partial charge >= 0.3 is 6.09 Å². The third kappa shape index (κ3) is 3.31. The zero-order valence-corrected chi connectivity index (χ0v) is 10.5. The van der Waals surface area contributed by atoms with Crippen molar-refractivity contribution in [3.63, 3.8) is 0 Å². The number of nitrogens with zero attached hydrogens (tertiary/aromatic N) is 1. The van der Waals surface area contributed by atoms with Crippen molar-refractivity contribution in [2.24, 2.45) is 0 Å². The lowest BCUT2D eigenvalue weighted by molar-refractivity contribution is -0.116. The van der Waals surface area contributed by atoms with Gasteiger partial charge in [0.2, 0.25) is 5.91 Å². The Morgan fingerprint density at radius 2 is 2.21 bits per heavy atom. The zero-order chi connectivity index (χ0) is 13.8. The summed E-state index contributed by atoms with van der Waals surface area (Å²) in [6.07, 6.45) is -0.479. The number of carbonyl (C=O) groups is 3. The number of anilines is 1. The Balaban J connectivity index is 1.97. The molecule has 1 aromatic carbocycles. The summed E-state index contributed by atoms with van der Waals surface area (Å²) in [7, 11) is 0. The average Bonchev–Trinajstić information content (AvgIpc) is 2.75. The molecule has 0 spiro atoms. The maximum absolute atomic E-state index is 11.7. The van der Waals surface area contributed by atoms with E-state index in [1.165, 1.54) is 11.8 Å². The third-order valence-corrected chi connectivity index (χ3v) is 2.73. The predicted molar refractivity (Wildman–Crippen MR) is 68.0 cm³/mol. The largest absolute Gasteiger partial charge is 0.448 e. The Morgan fingerprint density at radius 1 is 1.42 bits per heavy atom. The van der Waals surface area contributed by atoms with Crippen LogP contribution in [0.3, 0.4) is 0 Å². The summed E-state index contributed by atoms with van der Waals surface area (Å²) in [6, 6.07) is 6.65. The molecule has 0 saturated carbocycles. The van der Waals surface area contributed by atoms with E-state index >= 15 is 0 Å². The van der Waals surface area contributed by atoms with Crippen LogP contribution in [0.5, 0.6) is 0 Å². The van der Waals surface area contributed by atoms with Crippen LogP contribution >= 0.6 is 0 Å². The fourth-order valence-electron chi connectivity index (χ4n) is 1.76. The van der Waals surface area contributed by atoms with Crippen LogP contribution in [0.1, 0.15) is 17.3 Å². The van der Waals surface area contributed by atoms with Crippen LogP contribution in [0, 0.1) is 0 Å². The second kappa shape index (κ2) is 5.51. The Hall–Kier alpha value is -2.37. The van der Waals surface area contributed by atoms with E-state index in [0.29, 0.717) is 24.4 Å². The summed E-state index contributed by atoms with van der Waals surface area (Å²) in [4.78, 5) is 35.5. The second-order valence-corrected chi connectivity index (χ2v) is 4.22. The van der Waals surface area contributed by atoms with Gasteiger partial charge in [-0.05, 0) is 19.1 Å². The smallest absolute Gasteiger partial charge is 0.410 e. The molecule has 0 radical (unpaired) electrons. The van der Waals surface area contributed by atoms with Crippen LogP contribution in [0.25, 0.3) is 0 Å². The highest BCUT2D eigenvalue weighted by Gasteiger charge is 2.24. The number of Topliss-reactive ketones (excluding diaryl/α,β-unsaturated/α-hetero) is 1. The van der Waals surface area contributed by atoms with Gasteiger partial charge in [-0.3, -0.25) is 14.5 Å². The van der Waals surface area contributed by atoms with Crippen LogP contribution in [0.15, 0.2) is 24.3 Å². The Morgan fingerprint density at radius 3 is 2.84 bits per heavy atom. The highest BCUT2D eigenvalue weighted by molar-refractivity contribution is 5.98. The van der Waals surface area contributed by atoms with Crippen molar-refractivity contribution in [2.45, 2.75) is 6.92 Å². The Kier molecular flexibility index (Phi) is 3.79. The third-order valence-electron chi connectivity index (χ3n) is 2.73. The number of carbonyl (C=O) groups excluding carboxylic acids is 3. The second-order valence-electron chi connectivity index (χ2n) is 4.22. The first-order valence-corrected chi connectivity index (χ1v) is 5.89. The molecule has 1 fully saturated rings. The molecule has 6 nitrogen and oxygen atoms in total. The number of amides is 2. The summed E-state index contributed by atoms with van der Waals surface area (Å²) in [6.45, 7) is 2.13. The van der Waals surface area contributed by atoms with E-state index in [4.69, 9.17) is 4.74 Å². The van der Waals surface area contributed by atoms with E-state index < -0.39 is 6.09 Å². The van der Waals surface area contributed by atoms with Crippen molar-refractivity contribution in [1.82, 2.24) is 4.90 Å². The summed E-state index contributed by atoms with van der Waals surface area (Å²) in [5.74, 6) is -0.390. The molecule has 100 valence electrons. The van der Waals surface area contributed by atoms with Gasteiger partial charge in [0.1, 0.15) is 13.2 Å². The SMILES string of the molecule is CC(=O)c1cccc(NC(=O)CN2CCOC2=O)c1. The van der Waals surface area contributed by atoms with Crippen LogP contribution in [0.4, 0.5) is 10.5 Å². The maximum Gasteiger partial charge on any atom is 0.410 e. The number of cyclic esters (lactones) is 1. The first-order valence-electron chi connectivity index (χ1n) is 5.89. The lowest BCUT2D eigenvalue weighted by atomic mass is 10.1. The maximum atomic E-state index is 11.7. The molecule has 6 heteroatoms. The number of ketones is 1. The first-order chi connectivity index (χ1) is 9.06. The van der Waals surface area contributed by atoms with Crippen molar-refractivity contribution < 1.29 is 19.1 Å². The van der Waals surface area contributed by atoms with Gasteiger partial charge in [0, 0.05) is 11.3 Å². The monoisotopic (exact) mass is 262 g/mol. The molecule has 1 saturated heterocycles. The van der Waals surface area contributed by atoms with Crippen LogP contribution < -0.4 is 5.32 Å². The van der Waals surface area contributed by atoms with Gasteiger partial charge in [0.05, 0.1) is 6.54 Å². The van der Waals surface area contributed by atoms with E-state index in [0.717, 1.165) is 0 Å². The highest BCUT2D eigenvalue weighted by atomic mass is 16.6. The van der Waals surface area contributed by atoms with Gasteiger partial charge in [-0.2, -0.15) is 0 Å². The van der Waals surface area contributed by atoms with Gasteiger partial charge in [-0.1, -0.05) is 12.1 Å². The lowest BCUT2D eigenvalue weighted by Gasteiger charge is -2.12. The van der Waals surface area contributed by atoms with Gasteiger partial charge < -0.3 is 10.1 Å². The molecule has 0 bridgehead atoms. The van der Waals surface area contributed by atoms with Crippen molar-refractivity contribution in [3.05, 3.63) is 29.8 Å². The minimum atomic E-state index is -0.479. The lowest BCUT2D eigenvalue weighted by Crippen LogP contribution is -2.33. The van der Waals surface area contributed by atoms with Gasteiger partial charge in [0.15, 0.2) is 5.78 Å². The molecule has 0 aliphatic carbocycles. The van der Waals surface area contributed by atoms with Crippen LogP contribution in [-0.2, 0) is 9.53 Å². The molecule has 1 aromatic rings. The standard InChI is InChI=1S/C13H14N2O4/c1-9(16)10-3-2-4-11(7-10)14-12(17)8-15-5-6-19-13(15)18/h2-4,7H,5-6,8H2,1H3,(H,14,17). The summed E-state index contributed by atoms with van der Waals surface area (Å²) >= 11 is 0. The van der Waals surface area contributed by atoms with Crippen molar-refractivity contribution >= 4 is 23.5 Å². The summed E-state index contributed by atoms with van der Waals surface area (Å²) in [5, 5.41) is 2.64. The molecule has 19 heavy (non-hydrogen) atoms. The number of ether oxygens (including phenoxy) is 1. The van der Waals surface area contributed by atoms with Gasteiger partial charge in [-0.25, -0.2) is 4.79 Å². The molecule has 2 rings (SSSR count). The normalized spacial score (nSPS) is 14.2. The molecule has 1 aliphatic rings. The van der Waals surface area contributed by atoms with Gasteiger partial charge in [0.25, 0.3) is 0 Å². The quantitative estimate of drug-likeness (QED) is 0.829. The number of hydrogen-bond donors (Lipinski definition) is 1. The van der Waals surface area contributed by atoms with Crippen molar-refractivity contribution in [2.75, 3.05) is 25.0 Å². The topological polar surface area (TPSA) is 75.7 Å². The number of rotatable bonds is 4. The molecular formula is C13H14N2O4. The molecular weight excluding hydrogens is 248 g/mol. The van der Waals surface area contributed by atoms with Crippen LogP contribution in [0.2, 0.25) is 0 Å². The fraction of sp³-hybridized carbons (Fsp3) is 0.308. The fourth-order valence-corrected chi connectivity index (χ4v) is 1.76. The van der Waals surface area contributed by atoms with E-state index in [2.05, 4.69) is 5.32 Å². The Labute approximate surface area is 110 Å². The van der Waals surface area contributed by atoms with E-state index in [1.807, 2.05) is 0 Å². The molecule has 2 amide bonds. The summed E-state index contributed by atoms with van der Waals surface area (Å²) in [5.41, 5.74) is 1.06. The minimum Gasteiger partial charge on any atom is -0.448 e. The van der Waals surface area contributed by atoms with Crippen LogP contribution in [-0.4, -0.2) is 42.4 Å². The molecule has 0 atom stereocenters. The van der Waals surface area contributed by atoms with Gasteiger partial charge in [-0.15, -0.1) is 0 Å². The highest BCUT2D eigenvalue weighted by Crippen LogP contribution is 2.11. The molecule has 1 heterocycles. The van der Waals surface area contributed by atoms with E-state index in [9.17, 15) is 14.4 Å². The summed E-state index contributed by atoms with van der Waals surface area (Å²) < 4.78 is 4.73. The van der Waals surface area contributed by atoms with E-state index in [1.54, 1.807) is 24.3 Å². The predicted octanol–water partition coefficient (Wildman–Crippen LogP) is 1.28. The molecule has 1 N–H and O–H groups in total. The zero-order valence-electron chi connectivity index (χ0n) is 10.5. The van der Waals surface area contributed by atoms with Crippen molar-refractivity contribution in [1.29, 1.82) is 0 Å². The average molecular weight is 262 g/mol. The minimum absolute atomic E-state index is 0.0524. The number of nitrogens with one attached hydrogen (secondary N) is 1. The molecule has 1 aliphatic heterocycles. The van der Waals surface area contributed by atoms with Crippen molar-refractivity contribution in [3.8, 4) is 0 Å². The number of hydrogen-bond acceptors (Lipinski definition) is 4.